The molecule has 1 aromatic rings. The van der Waals surface area contributed by atoms with Gasteiger partial charge in [-0.3, -0.25) is 0 Å². The van der Waals surface area contributed by atoms with Crippen molar-refractivity contribution in [3.8, 4) is 0 Å². The number of oxime groups is 1. The zero-order valence-electron chi connectivity index (χ0n) is 7.11. The average Bonchev–Trinajstić information content (AvgIpc) is 2.17. The Balaban J connectivity index is 2.89. The van der Waals surface area contributed by atoms with E-state index in [1.165, 1.54) is 29.2 Å². The van der Waals surface area contributed by atoms with E-state index in [9.17, 15) is 4.39 Å². The summed E-state index contributed by atoms with van der Waals surface area (Å²) in [4.78, 5) is 1.43. The molecular weight excluding hydrogens is 173 g/mol. The highest BCUT2D eigenvalue weighted by atomic mass is 19.1. The second-order valence-electron chi connectivity index (χ2n) is 2.49. The van der Waals surface area contributed by atoms with Crippen LogP contribution in [0.5, 0.6) is 0 Å². The van der Waals surface area contributed by atoms with E-state index in [0.717, 1.165) is 0 Å². The van der Waals surface area contributed by atoms with Crippen LogP contribution >= 0.6 is 0 Å². The SMILES string of the molecule is CN(/C(N)=N/O)c1ccc(F)cc1. The summed E-state index contributed by atoms with van der Waals surface area (Å²) in [5.41, 5.74) is 5.97. The van der Waals surface area contributed by atoms with Gasteiger partial charge < -0.3 is 15.8 Å². The zero-order chi connectivity index (χ0) is 9.84. The Bertz CT molecular complexity index is 310. The summed E-state index contributed by atoms with van der Waals surface area (Å²) in [5, 5.41) is 11.2. The highest BCUT2D eigenvalue weighted by molar-refractivity contribution is 5.93. The van der Waals surface area contributed by atoms with Crippen molar-refractivity contribution in [2.75, 3.05) is 11.9 Å². The van der Waals surface area contributed by atoms with Crippen LogP contribution in [0.2, 0.25) is 0 Å². The van der Waals surface area contributed by atoms with Gasteiger partial charge in [-0.25, -0.2) is 4.39 Å². The number of rotatable bonds is 1. The van der Waals surface area contributed by atoms with Gasteiger partial charge in [0.1, 0.15) is 5.82 Å². The number of halogens is 1. The van der Waals surface area contributed by atoms with Crippen LogP contribution in [-0.2, 0) is 0 Å². The lowest BCUT2D eigenvalue weighted by molar-refractivity contribution is 0.317. The van der Waals surface area contributed by atoms with Crippen LogP contribution in [0, 0.1) is 5.82 Å². The predicted molar refractivity (Wildman–Crippen MR) is 48.2 cm³/mol. The lowest BCUT2D eigenvalue weighted by Gasteiger charge is -2.16. The highest BCUT2D eigenvalue weighted by Crippen LogP contribution is 2.12. The molecule has 0 aromatic heterocycles. The summed E-state index contributed by atoms with van der Waals surface area (Å²) in [6, 6.07) is 5.67. The molecule has 0 radical (unpaired) electrons. The Labute approximate surface area is 75.1 Å². The van der Waals surface area contributed by atoms with Crippen molar-refractivity contribution < 1.29 is 9.60 Å². The molecule has 5 heteroatoms. The minimum atomic E-state index is -0.323. The van der Waals surface area contributed by atoms with Crippen molar-refractivity contribution in [3.63, 3.8) is 0 Å². The Morgan fingerprint density at radius 1 is 1.46 bits per heavy atom. The van der Waals surface area contributed by atoms with E-state index >= 15 is 0 Å². The predicted octanol–water partition coefficient (Wildman–Crippen LogP) is 0.966. The third kappa shape index (κ3) is 2.08. The fraction of sp³-hybridized carbons (Fsp3) is 0.125. The first kappa shape index (κ1) is 9.31. The summed E-state index contributed by atoms with van der Waals surface area (Å²) in [7, 11) is 1.61. The Hall–Kier alpha value is -1.78. The van der Waals surface area contributed by atoms with Gasteiger partial charge in [-0.05, 0) is 24.3 Å². The van der Waals surface area contributed by atoms with E-state index in [2.05, 4.69) is 5.16 Å². The second-order valence-corrected chi connectivity index (χ2v) is 2.49. The first-order chi connectivity index (χ1) is 6.15. The van der Waals surface area contributed by atoms with E-state index in [1.807, 2.05) is 0 Å². The molecule has 13 heavy (non-hydrogen) atoms. The van der Waals surface area contributed by atoms with Gasteiger partial charge in [-0.2, -0.15) is 0 Å². The summed E-state index contributed by atoms with van der Waals surface area (Å²) < 4.78 is 12.5. The average molecular weight is 183 g/mol. The molecule has 0 aliphatic rings. The molecule has 0 heterocycles. The van der Waals surface area contributed by atoms with Gasteiger partial charge in [0.15, 0.2) is 0 Å². The summed E-state index contributed by atoms with van der Waals surface area (Å²) in [6.07, 6.45) is 0. The molecule has 0 amide bonds. The number of nitrogens with zero attached hydrogens (tertiary/aromatic N) is 2. The minimum Gasteiger partial charge on any atom is -0.408 e. The van der Waals surface area contributed by atoms with E-state index in [1.54, 1.807) is 7.05 Å². The van der Waals surface area contributed by atoms with Crippen molar-refractivity contribution in [2.24, 2.45) is 10.9 Å². The van der Waals surface area contributed by atoms with Gasteiger partial charge in [-0.1, -0.05) is 5.16 Å². The minimum absolute atomic E-state index is 0.0494. The fourth-order valence-corrected chi connectivity index (χ4v) is 0.864. The van der Waals surface area contributed by atoms with Gasteiger partial charge in [0.2, 0.25) is 5.96 Å². The number of hydrogen-bond donors (Lipinski definition) is 2. The molecule has 0 aliphatic heterocycles. The molecule has 1 aromatic carbocycles. The number of anilines is 1. The quantitative estimate of drug-likeness (QED) is 0.295. The first-order valence-corrected chi connectivity index (χ1v) is 3.62. The topological polar surface area (TPSA) is 61.8 Å². The molecule has 1 rings (SSSR count). The van der Waals surface area contributed by atoms with Crippen LogP contribution in [0.15, 0.2) is 29.4 Å². The molecular formula is C8H10FN3O. The van der Waals surface area contributed by atoms with E-state index in [4.69, 9.17) is 10.9 Å². The maximum absolute atomic E-state index is 12.5. The van der Waals surface area contributed by atoms with E-state index in [-0.39, 0.29) is 11.8 Å². The Morgan fingerprint density at radius 2 is 2.00 bits per heavy atom. The van der Waals surface area contributed by atoms with Crippen molar-refractivity contribution >= 4 is 11.6 Å². The zero-order valence-corrected chi connectivity index (χ0v) is 7.11. The van der Waals surface area contributed by atoms with Gasteiger partial charge in [-0.15, -0.1) is 0 Å². The van der Waals surface area contributed by atoms with Crippen LogP contribution in [0.3, 0.4) is 0 Å². The van der Waals surface area contributed by atoms with Crippen molar-refractivity contribution in [2.45, 2.75) is 0 Å². The molecule has 0 fully saturated rings. The number of benzene rings is 1. The molecule has 4 nitrogen and oxygen atoms in total. The maximum Gasteiger partial charge on any atom is 0.237 e. The molecule has 0 unspecified atom stereocenters. The lowest BCUT2D eigenvalue weighted by Crippen LogP contribution is -2.33. The summed E-state index contributed by atoms with van der Waals surface area (Å²) in [5.74, 6) is -0.372. The second kappa shape index (κ2) is 3.75. The normalized spacial score (nSPS) is 11.4. The van der Waals surface area contributed by atoms with Crippen molar-refractivity contribution in [3.05, 3.63) is 30.1 Å². The van der Waals surface area contributed by atoms with E-state index < -0.39 is 0 Å². The maximum atomic E-state index is 12.5. The number of hydrogen-bond acceptors (Lipinski definition) is 2. The van der Waals surface area contributed by atoms with Crippen molar-refractivity contribution in [1.82, 2.24) is 0 Å². The fourth-order valence-electron chi connectivity index (χ4n) is 0.864. The van der Waals surface area contributed by atoms with Crippen LogP contribution in [0.1, 0.15) is 0 Å². The lowest BCUT2D eigenvalue weighted by atomic mass is 10.3. The molecule has 0 spiro atoms. The third-order valence-corrected chi connectivity index (χ3v) is 1.66. The van der Waals surface area contributed by atoms with Gasteiger partial charge >= 0.3 is 0 Å². The summed E-state index contributed by atoms with van der Waals surface area (Å²) in [6.45, 7) is 0. The van der Waals surface area contributed by atoms with Gasteiger partial charge in [0.25, 0.3) is 0 Å². The molecule has 0 atom stereocenters. The van der Waals surface area contributed by atoms with Gasteiger partial charge in [0.05, 0.1) is 0 Å². The van der Waals surface area contributed by atoms with E-state index in [0.29, 0.717) is 5.69 Å². The monoisotopic (exact) mass is 183 g/mol. The summed E-state index contributed by atoms with van der Waals surface area (Å²) >= 11 is 0. The molecule has 0 saturated heterocycles. The molecule has 70 valence electrons. The number of nitrogens with two attached hydrogens (primary N) is 1. The van der Waals surface area contributed by atoms with Crippen LogP contribution < -0.4 is 10.6 Å². The largest absolute Gasteiger partial charge is 0.408 e. The molecule has 0 bridgehead atoms. The van der Waals surface area contributed by atoms with Crippen LogP contribution in [-0.4, -0.2) is 18.2 Å². The number of guanidine groups is 1. The van der Waals surface area contributed by atoms with Gasteiger partial charge in [0, 0.05) is 12.7 Å². The molecule has 0 aliphatic carbocycles. The third-order valence-electron chi connectivity index (χ3n) is 1.66. The standard InChI is InChI=1S/C8H10FN3O/c1-12(8(10)11-13)7-4-2-6(9)3-5-7/h2-5,13H,1H3,(H2,10,11). The van der Waals surface area contributed by atoms with Crippen LogP contribution in [0.4, 0.5) is 10.1 Å². The first-order valence-electron chi connectivity index (χ1n) is 3.62. The van der Waals surface area contributed by atoms with Crippen LogP contribution in [0.25, 0.3) is 0 Å². The smallest absolute Gasteiger partial charge is 0.237 e. The molecule has 0 saturated carbocycles. The Morgan fingerprint density at radius 3 is 2.46 bits per heavy atom. The molecule has 3 N–H and O–H groups in total. The van der Waals surface area contributed by atoms with Crippen molar-refractivity contribution in [1.29, 1.82) is 0 Å². The Kier molecular flexibility index (Phi) is 2.69. The highest BCUT2D eigenvalue weighted by Gasteiger charge is 2.04.